The maximum absolute atomic E-state index is 14.2. The molecule has 0 radical (unpaired) electrons. The van der Waals surface area contributed by atoms with E-state index in [9.17, 15) is 4.79 Å². The van der Waals surface area contributed by atoms with Crippen molar-refractivity contribution in [2.24, 2.45) is 5.92 Å². The van der Waals surface area contributed by atoms with Crippen molar-refractivity contribution in [2.45, 2.75) is 83.9 Å². The summed E-state index contributed by atoms with van der Waals surface area (Å²) in [5, 5.41) is 8.05. The molecule has 208 valence electrons. The van der Waals surface area contributed by atoms with Crippen LogP contribution in [0.2, 0.25) is 25.7 Å². The first-order valence-electron chi connectivity index (χ1n) is 14.0. The molecule has 0 spiro atoms. The summed E-state index contributed by atoms with van der Waals surface area (Å²) in [6.45, 7) is 16.2. The molecule has 0 N–H and O–H groups in total. The van der Waals surface area contributed by atoms with Gasteiger partial charge in [-0.15, -0.1) is 10.2 Å². The normalized spacial score (nSPS) is 18.5. The fourth-order valence-corrected chi connectivity index (χ4v) is 6.44. The maximum Gasteiger partial charge on any atom is 0.255 e. The van der Waals surface area contributed by atoms with Crippen LogP contribution >= 0.6 is 0 Å². The van der Waals surface area contributed by atoms with E-state index in [2.05, 4.69) is 67.6 Å². The fourth-order valence-electron chi connectivity index (χ4n) is 5.68. The molecule has 2 heterocycles. The summed E-state index contributed by atoms with van der Waals surface area (Å²) in [6, 6.07) is 15.2. The molecule has 39 heavy (non-hydrogen) atoms. The average molecular weight is 548 g/mol. The van der Waals surface area contributed by atoms with Crippen LogP contribution in [-0.2, 0) is 9.47 Å². The van der Waals surface area contributed by atoms with Crippen molar-refractivity contribution in [3.8, 4) is 22.6 Å². The van der Waals surface area contributed by atoms with Crippen LogP contribution in [0.4, 0.5) is 0 Å². The van der Waals surface area contributed by atoms with Crippen molar-refractivity contribution < 1.29 is 18.7 Å². The molecule has 8 heteroatoms. The summed E-state index contributed by atoms with van der Waals surface area (Å²) in [4.78, 5) is 16.3. The highest BCUT2D eigenvalue weighted by molar-refractivity contribution is 6.76. The molecule has 2 atom stereocenters. The Hall–Kier alpha value is -2.81. The SMILES string of the molecule is Cc1nnc(-c2ccc(-c3cccc4c3C(=O)N([C@H](C3CC3)C(C)(C)OCOCC[Si](C)(C)C)[C@@H]4C)cc2)o1. The Balaban J connectivity index is 1.37. The van der Waals surface area contributed by atoms with Gasteiger partial charge in [-0.3, -0.25) is 4.79 Å². The Morgan fingerprint density at radius 2 is 1.77 bits per heavy atom. The average Bonchev–Trinajstić information content (AvgIpc) is 3.57. The van der Waals surface area contributed by atoms with Crippen molar-refractivity contribution in [3.05, 3.63) is 59.5 Å². The number of hydrogen-bond donors (Lipinski definition) is 0. The Morgan fingerprint density at radius 3 is 2.38 bits per heavy atom. The van der Waals surface area contributed by atoms with Crippen LogP contribution in [0.5, 0.6) is 0 Å². The van der Waals surface area contributed by atoms with Gasteiger partial charge in [0.25, 0.3) is 5.91 Å². The lowest BCUT2D eigenvalue weighted by Gasteiger charge is -2.42. The minimum Gasteiger partial charge on any atom is -0.421 e. The van der Waals surface area contributed by atoms with Gasteiger partial charge in [0.05, 0.1) is 23.2 Å². The number of ether oxygens (including phenoxy) is 2. The van der Waals surface area contributed by atoms with E-state index in [0.29, 0.717) is 17.7 Å². The molecule has 7 nitrogen and oxygen atoms in total. The number of fused-ring (bicyclic) bond motifs is 1. The Labute approximate surface area is 232 Å². The first-order valence-corrected chi connectivity index (χ1v) is 17.8. The van der Waals surface area contributed by atoms with Gasteiger partial charge < -0.3 is 18.8 Å². The first-order chi connectivity index (χ1) is 18.5. The van der Waals surface area contributed by atoms with Gasteiger partial charge in [-0.25, -0.2) is 0 Å². The minimum atomic E-state index is -1.16. The van der Waals surface area contributed by atoms with Gasteiger partial charge in [0.15, 0.2) is 0 Å². The summed E-state index contributed by atoms with van der Waals surface area (Å²) in [7, 11) is -1.16. The summed E-state index contributed by atoms with van der Waals surface area (Å²) in [6.07, 6.45) is 2.23. The van der Waals surface area contributed by atoms with E-state index < -0.39 is 13.7 Å². The highest BCUT2D eigenvalue weighted by Gasteiger charge is 2.51. The summed E-state index contributed by atoms with van der Waals surface area (Å²) in [5.41, 5.74) is 4.12. The number of carbonyl (C=O) groups excluding carboxylic acids is 1. The van der Waals surface area contributed by atoms with E-state index in [1.165, 1.54) is 0 Å². The van der Waals surface area contributed by atoms with Gasteiger partial charge in [-0.05, 0) is 74.4 Å². The van der Waals surface area contributed by atoms with Gasteiger partial charge in [-0.2, -0.15) is 0 Å². The highest BCUT2D eigenvalue weighted by atomic mass is 28.3. The topological polar surface area (TPSA) is 77.7 Å². The molecule has 2 aromatic carbocycles. The van der Waals surface area contributed by atoms with Crippen molar-refractivity contribution in [3.63, 3.8) is 0 Å². The maximum atomic E-state index is 14.2. The van der Waals surface area contributed by atoms with Crippen LogP contribution in [0.15, 0.2) is 46.9 Å². The molecule has 1 aromatic heterocycles. The predicted molar refractivity (Wildman–Crippen MR) is 155 cm³/mol. The zero-order valence-electron chi connectivity index (χ0n) is 24.3. The van der Waals surface area contributed by atoms with Gasteiger partial charge in [0.1, 0.15) is 6.79 Å². The molecular weight excluding hydrogens is 506 g/mol. The first kappa shape index (κ1) is 27.7. The van der Waals surface area contributed by atoms with E-state index in [1.54, 1.807) is 6.92 Å². The van der Waals surface area contributed by atoms with Crippen molar-refractivity contribution in [1.82, 2.24) is 15.1 Å². The van der Waals surface area contributed by atoms with Gasteiger partial charge in [0, 0.05) is 27.2 Å². The standard InChI is InChI=1S/C31H41N3O4Si/c1-20-25-9-8-10-26(22-11-15-24(16-12-22)29-33-32-21(2)38-29)27(25)30(35)34(20)28(23-13-14-23)31(3,4)37-19-36-17-18-39(5,6)7/h8-12,15-16,20,23,28H,13-14,17-19H2,1-7H3/t20-,28-/m1/s1. The number of aryl methyl sites for hydroxylation is 1. The van der Waals surface area contributed by atoms with E-state index in [1.807, 2.05) is 30.3 Å². The monoisotopic (exact) mass is 547 g/mol. The van der Waals surface area contributed by atoms with Crippen LogP contribution < -0.4 is 0 Å². The van der Waals surface area contributed by atoms with Crippen molar-refractivity contribution >= 4 is 14.0 Å². The molecular formula is C31H41N3O4Si. The van der Waals surface area contributed by atoms with E-state index in [4.69, 9.17) is 13.9 Å². The van der Waals surface area contributed by atoms with Crippen molar-refractivity contribution in [2.75, 3.05) is 13.4 Å². The third-order valence-corrected chi connectivity index (χ3v) is 9.68. The van der Waals surface area contributed by atoms with E-state index in [0.717, 1.165) is 53.3 Å². The number of amides is 1. The third-order valence-electron chi connectivity index (χ3n) is 7.97. The highest BCUT2D eigenvalue weighted by Crippen LogP contribution is 2.48. The van der Waals surface area contributed by atoms with Crippen molar-refractivity contribution in [1.29, 1.82) is 0 Å². The molecule has 2 aliphatic rings. The zero-order valence-corrected chi connectivity index (χ0v) is 25.3. The van der Waals surface area contributed by atoms with Gasteiger partial charge in [-0.1, -0.05) is 50.0 Å². The number of aromatic nitrogens is 2. The minimum absolute atomic E-state index is 0.0241. The molecule has 1 amide bonds. The van der Waals surface area contributed by atoms with Crippen LogP contribution in [0.3, 0.4) is 0 Å². The summed E-state index contributed by atoms with van der Waals surface area (Å²) < 4.78 is 17.8. The van der Waals surface area contributed by atoms with Crippen LogP contribution in [0.25, 0.3) is 22.6 Å². The number of rotatable bonds is 11. The Kier molecular flexibility index (Phi) is 7.56. The number of nitrogens with zero attached hydrogens (tertiary/aromatic N) is 3. The second-order valence-electron chi connectivity index (χ2n) is 12.7. The molecule has 1 saturated carbocycles. The molecule has 0 bridgehead atoms. The largest absolute Gasteiger partial charge is 0.421 e. The van der Waals surface area contributed by atoms with E-state index in [-0.39, 0.29) is 24.8 Å². The number of carbonyl (C=O) groups is 1. The molecule has 1 aliphatic carbocycles. The van der Waals surface area contributed by atoms with Gasteiger partial charge >= 0.3 is 0 Å². The lowest BCUT2D eigenvalue weighted by Crippen LogP contribution is -2.53. The second kappa shape index (κ2) is 10.6. The van der Waals surface area contributed by atoms with Gasteiger partial charge in [0.2, 0.25) is 11.8 Å². The zero-order chi connectivity index (χ0) is 27.9. The Morgan fingerprint density at radius 1 is 1.08 bits per heavy atom. The second-order valence-corrected chi connectivity index (χ2v) is 18.3. The Bertz CT molecular complexity index is 1320. The quantitative estimate of drug-likeness (QED) is 0.145. The molecule has 5 rings (SSSR count). The molecule has 1 fully saturated rings. The lowest BCUT2D eigenvalue weighted by atomic mass is 9.91. The molecule has 3 aromatic rings. The van der Waals surface area contributed by atoms with E-state index >= 15 is 0 Å². The molecule has 0 unspecified atom stereocenters. The number of hydrogen-bond acceptors (Lipinski definition) is 6. The van der Waals surface area contributed by atoms with Crippen LogP contribution in [0.1, 0.15) is 61.5 Å². The van der Waals surface area contributed by atoms with Crippen LogP contribution in [-0.4, -0.2) is 54.1 Å². The molecule has 0 saturated heterocycles. The predicted octanol–water partition coefficient (Wildman–Crippen LogP) is 7.11. The smallest absolute Gasteiger partial charge is 0.255 e. The summed E-state index contributed by atoms with van der Waals surface area (Å²) in [5.74, 6) is 1.54. The molecule has 1 aliphatic heterocycles. The fraction of sp³-hybridized carbons (Fsp3) is 0.516. The van der Waals surface area contributed by atoms with Crippen LogP contribution in [0, 0.1) is 12.8 Å². The number of benzene rings is 2. The third kappa shape index (κ3) is 5.88. The summed E-state index contributed by atoms with van der Waals surface area (Å²) >= 11 is 0. The lowest BCUT2D eigenvalue weighted by molar-refractivity contribution is -0.155.